The van der Waals surface area contributed by atoms with Gasteiger partial charge in [-0.05, 0) is 33.2 Å². The zero-order valence-electron chi connectivity index (χ0n) is 14.1. The third-order valence-corrected chi connectivity index (χ3v) is 4.19. The Morgan fingerprint density at radius 3 is 2.87 bits per heavy atom. The van der Waals surface area contributed by atoms with Crippen LogP contribution in [-0.4, -0.2) is 63.1 Å². The van der Waals surface area contributed by atoms with E-state index in [4.69, 9.17) is 5.73 Å². The molecular formula is C15H26N6O2. The highest BCUT2D eigenvalue weighted by Crippen LogP contribution is 2.19. The second-order valence-electron chi connectivity index (χ2n) is 6.48. The van der Waals surface area contributed by atoms with Crippen molar-refractivity contribution in [2.75, 3.05) is 26.7 Å². The molecule has 0 bridgehead atoms. The molecule has 1 atom stereocenters. The monoisotopic (exact) mass is 322 g/mol. The van der Waals surface area contributed by atoms with E-state index in [2.05, 4.69) is 24.0 Å². The van der Waals surface area contributed by atoms with Crippen LogP contribution in [0.15, 0.2) is 6.33 Å². The van der Waals surface area contributed by atoms with Gasteiger partial charge in [-0.1, -0.05) is 0 Å². The lowest BCUT2D eigenvalue weighted by atomic mass is 9.96. The second-order valence-corrected chi connectivity index (χ2v) is 6.48. The molecule has 1 unspecified atom stereocenters. The summed E-state index contributed by atoms with van der Waals surface area (Å²) in [6, 6.07) is 0.254. The Morgan fingerprint density at radius 1 is 1.48 bits per heavy atom. The Labute approximate surface area is 136 Å². The standard InChI is InChI=1S/C15H26N6O2/c1-11(2)21-10-17-18-14(21)9-19(3)15(23)12-5-4-6-20(7-12)8-13(16)22/h10-12H,4-9H2,1-3H3,(H2,16,22). The number of nitrogens with two attached hydrogens (primary N) is 1. The largest absolute Gasteiger partial charge is 0.369 e. The lowest BCUT2D eigenvalue weighted by Crippen LogP contribution is -2.46. The van der Waals surface area contributed by atoms with Crippen molar-refractivity contribution in [1.82, 2.24) is 24.6 Å². The summed E-state index contributed by atoms with van der Waals surface area (Å²) in [6.07, 6.45) is 3.43. The maximum Gasteiger partial charge on any atom is 0.231 e. The molecule has 0 saturated carbocycles. The van der Waals surface area contributed by atoms with Crippen molar-refractivity contribution in [3.63, 3.8) is 0 Å². The third-order valence-electron chi connectivity index (χ3n) is 4.19. The average molecular weight is 322 g/mol. The topological polar surface area (TPSA) is 97.3 Å². The van der Waals surface area contributed by atoms with Crippen molar-refractivity contribution < 1.29 is 9.59 Å². The van der Waals surface area contributed by atoms with Crippen molar-refractivity contribution in [2.24, 2.45) is 11.7 Å². The van der Waals surface area contributed by atoms with E-state index >= 15 is 0 Å². The van der Waals surface area contributed by atoms with Gasteiger partial charge in [0.1, 0.15) is 6.33 Å². The number of hydrogen-bond donors (Lipinski definition) is 1. The predicted octanol–water partition coefficient (Wildman–Crippen LogP) is 0.0147. The Hall–Kier alpha value is -1.96. The smallest absolute Gasteiger partial charge is 0.231 e. The summed E-state index contributed by atoms with van der Waals surface area (Å²) in [5.74, 6) is 0.415. The molecule has 1 aromatic heterocycles. The first-order valence-electron chi connectivity index (χ1n) is 8.02. The van der Waals surface area contributed by atoms with Gasteiger partial charge in [-0.2, -0.15) is 0 Å². The van der Waals surface area contributed by atoms with Gasteiger partial charge in [-0.25, -0.2) is 0 Å². The summed E-state index contributed by atoms with van der Waals surface area (Å²) in [6.45, 7) is 6.16. The first-order valence-corrected chi connectivity index (χ1v) is 8.02. The fraction of sp³-hybridized carbons (Fsp3) is 0.733. The quantitative estimate of drug-likeness (QED) is 0.796. The number of aromatic nitrogens is 3. The third kappa shape index (κ3) is 4.51. The van der Waals surface area contributed by atoms with Gasteiger partial charge in [0.25, 0.3) is 0 Å². The second kappa shape index (κ2) is 7.54. The van der Waals surface area contributed by atoms with Crippen molar-refractivity contribution >= 4 is 11.8 Å². The summed E-state index contributed by atoms with van der Waals surface area (Å²) >= 11 is 0. The number of carbonyl (C=O) groups excluding carboxylic acids is 2. The van der Waals surface area contributed by atoms with Crippen LogP contribution in [0.5, 0.6) is 0 Å². The van der Waals surface area contributed by atoms with Crippen LogP contribution in [-0.2, 0) is 16.1 Å². The van der Waals surface area contributed by atoms with Gasteiger partial charge in [0.05, 0.1) is 19.0 Å². The zero-order valence-corrected chi connectivity index (χ0v) is 14.1. The molecule has 8 nitrogen and oxygen atoms in total. The minimum absolute atomic E-state index is 0.0810. The molecule has 8 heteroatoms. The Bertz CT molecular complexity index is 556. The van der Waals surface area contributed by atoms with Crippen LogP contribution in [0, 0.1) is 5.92 Å². The fourth-order valence-electron chi connectivity index (χ4n) is 3.03. The lowest BCUT2D eigenvalue weighted by molar-refractivity contribution is -0.137. The van der Waals surface area contributed by atoms with Crippen LogP contribution < -0.4 is 5.73 Å². The number of likely N-dealkylation sites (tertiary alicyclic amines) is 1. The molecule has 23 heavy (non-hydrogen) atoms. The Kier molecular flexibility index (Phi) is 5.70. The predicted molar refractivity (Wildman–Crippen MR) is 85.2 cm³/mol. The van der Waals surface area contributed by atoms with Crippen molar-refractivity contribution in [3.8, 4) is 0 Å². The van der Waals surface area contributed by atoms with E-state index < -0.39 is 0 Å². The number of carbonyl (C=O) groups is 2. The van der Waals surface area contributed by atoms with E-state index in [1.807, 2.05) is 9.47 Å². The molecule has 0 aromatic carbocycles. The first kappa shape index (κ1) is 17.4. The van der Waals surface area contributed by atoms with Gasteiger partial charge in [0, 0.05) is 19.6 Å². The first-order chi connectivity index (χ1) is 10.9. The average Bonchev–Trinajstić information content (AvgIpc) is 2.94. The molecule has 128 valence electrons. The van der Waals surface area contributed by atoms with Crippen LogP contribution in [0.3, 0.4) is 0 Å². The Balaban J connectivity index is 1.96. The highest BCUT2D eigenvalue weighted by Gasteiger charge is 2.29. The number of rotatable bonds is 6. The molecule has 2 rings (SSSR count). The molecule has 1 aromatic rings. The normalized spacial score (nSPS) is 19.0. The summed E-state index contributed by atoms with van der Waals surface area (Å²) in [7, 11) is 1.79. The highest BCUT2D eigenvalue weighted by molar-refractivity contribution is 5.79. The van der Waals surface area contributed by atoms with Gasteiger partial charge >= 0.3 is 0 Å². The van der Waals surface area contributed by atoms with Crippen LogP contribution in [0.25, 0.3) is 0 Å². The molecule has 0 aliphatic carbocycles. The molecule has 0 radical (unpaired) electrons. The van der Waals surface area contributed by atoms with E-state index in [0.29, 0.717) is 13.1 Å². The minimum Gasteiger partial charge on any atom is -0.369 e. The van der Waals surface area contributed by atoms with Crippen LogP contribution >= 0.6 is 0 Å². The molecule has 2 N–H and O–H groups in total. The number of piperidine rings is 1. The maximum absolute atomic E-state index is 12.7. The van der Waals surface area contributed by atoms with Crippen molar-refractivity contribution in [3.05, 3.63) is 12.2 Å². The fourth-order valence-corrected chi connectivity index (χ4v) is 3.03. The minimum atomic E-state index is -0.350. The zero-order chi connectivity index (χ0) is 17.0. The number of hydrogen-bond acceptors (Lipinski definition) is 5. The highest BCUT2D eigenvalue weighted by atomic mass is 16.2. The Morgan fingerprint density at radius 2 is 2.22 bits per heavy atom. The summed E-state index contributed by atoms with van der Waals surface area (Å²) in [5.41, 5.74) is 5.25. The van der Waals surface area contributed by atoms with E-state index in [0.717, 1.165) is 25.2 Å². The molecule has 2 heterocycles. The van der Waals surface area contributed by atoms with Gasteiger partial charge in [0.2, 0.25) is 11.8 Å². The lowest BCUT2D eigenvalue weighted by Gasteiger charge is -2.33. The van der Waals surface area contributed by atoms with Crippen LogP contribution in [0.2, 0.25) is 0 Å². The van der Waals surface area contributed by atoms with E-state index in [-0.39, 0.29) is 30.3 Å². The van der Waals surface area contributed by atoms with Gasteiger partial charge < -0.3 is 15.2 Å². The molecule has 1 aliphatic heterocycles. The summed E-state index contributed by atoms with van der Waals surface area (Å²) in [5, 5.41) is 8.04. The number of amides is 2. The van der Waals surface area contributed by atoms with E-state index in [1.165, 1.54) is 0 Å². The van der Waals surface area contributed by atoms with Crippen molar-refractivity contribution in [2.45, 2.75) is 39.3 Å². The van der Waals surface area contributed by atoms with Crippen molar-refractivity contribution in [1.29, 1.82) is 0 Å². The molecule has 1 aliphatic rings. The van der Waals surface area contributed by atoms with Gasteiger partial charge in [0.15, 0.2) is 5.82 Å². The molecule has 1 saturated heterocycles. The number of primary amides is 1. The van der Waals surface area contributed by atoms with E-state index in [1.54, 1.807) is 18.3 Å². The van der Waals surface area contributed by atoms with Crippen LogP contribution in [0.1, 0.15) is 38.6 Å². The molecule has 1 fully saturated rings. The summed E-state index contributed by atoms with van der Waals surface area (Å²) in [4.78, 5) is 27.4. The van der Waals surface area contributed by atoms with Gasteiger partial charge in [-0.15, -0.1) is 10.2 Å². The summed E-state index contributed by atoms with van der Waals surface area (Å²) < 4.78 is 1.96. The molecular weight excluding hydrogens is 296 g/mol. The maximum atomic E-state index is 12.7. The molecule has 2 amide bonds. The van der Waals surface area contributed by atoms with Gasteiger partial charge in [-0.3, -0.25) is 14.5 Å². The molecule has 0 spiro atoms. The number of nitrogens with zero attached hydrogens (tertiary/aromatic N) is 5. The SMILES string of the molecule is CC(C)n1cnnc1CN(C)C(=O)C1CCCN(CC(N)=O)C1. The van der Waals surface area contributed by atoms with Crippen LogP contribution in [0.4, 0.5) is 0 Å². The van der Waals surface area contributed by atoms with E-state index in [9.17, 15) is 9.59 Å².